The first-order chi connectivity index (χ1) is 11.1. The molecule has 2 heterocycles. The average molecular weight is 317 g/mol. The summed E-state index contributed by atoms with van der Waals surface area (Å²) in [5.41, 5.74) is 0.948. The highest BCUT2D eigenvalue weighted by atomic mass is 19.1. The number of nitrogens with one attached hydrogen (secondary N) is 1. The van der Waals surface area contributed by atoms with Crippen LogP contribution in [0.3, 0.4) is 0 Å². The number of halogens is 1. The summed E-state index contributed by atoms with van der Waals surface area (Å²) < 4.78 is 19.9. The van der Waals surface area contributed by atoms with Crippen LogP contribution in [0.1, 0.15) is 24.5 Å². The highest BCUT2D eigenvalue weighted by Gasteiger charge is 2.28. The van der Waals surface area contributed by atoms with E-state index in [4.69, 9.17) is 4.74 Å². The molecule has 1 aromatic carbocycles. The summed E-state index contributed by atoms with van der Waals surface area (Å²) in [6.07, 6.45) is 4.87. The normalized spacial score (nSPS) is 20.9. The Labute approximate surface area is 132 Å². The van der Waals surface area contributed by atoms with Crippen molar-refractivity contribution in [1.29, 1.82) is 0 Å². The van der Waals surface area contributed by atoms with Crippen LogP contribution in [0, 0.1) is 15.9 Å². The average Bonchev–Trinajstić information content (AvgIpc) is 2.58. The van der Waals surface area contributed by atoms with Gasteiger partial charge in [0.2, 0.25) is 0 Å². The molecule has 0 aliphatic carbocycles. The highest BCUT2D eigenvalue weighted by molar-refractivity contribution is 5.51. The van der Waals surface area contributed by atoms with Crippen molar-refractivity contribution >= 4 is 11.4 Å². The van der Waals surface area contributed by atoms with Crippen LogP contribution in [0.2, 0.25) is 0 Å². The number of nitrogens with zero attached hydrogens (tertiary/aromatic N) is 2. The van der Waals surface area contributed by atoms with Crippen molar-refractivity contribution in [2.75, 3.05) is 11.9 Å². The molecule has 1 saturated heterocycles. The first-order valence-corrected chi connectivity index (χ1v) is 7.37. The second kappa shape index (κ2) is 6.70. The largest absolute Gasteiger partial charge is 0.377 e. The maximum atomic E-state index is 14.1. The maximum absolute atomic E-state index is 14.1. The van der Waals surface area contributed by atoms with Crippen molar-refractivity contribution in [2.24, 2.45) is 0 Å². The lowest BCUT2D eigenvalue weighted by Crippen LogP contribution is -2.34. The molecule has 120 valence electrons. The summed E-state index contributed by atoms with van der Waals surface area (Å²) in [5.74, 6) is -0.641. The number of ether oxygens (including phenoxy) is 1. The molecule has 1 aromatic heterocycles. The highest BCUT2D eigenvalue weighted by Crippen LogP contribution is 2.31. The number of non-ortho nitro benzene ring substituents is 1. The number of rotatable bonds is 4. The van der Waals surface area contributed by atoms with E-state index in [2.05, 4.69) is 10.3 Å². The molecule has 1 aliphatic rings. The number of anilines is 1. The van der Waals surface area contributed by atoms with Gasteiger partial charge in [-0.3, -0.25) is 15.1 Å². The third-order valence-electron chi connectivity index (χ3n) is 3.86. The van der Waals surface area contributed by atoms with Gasteiger partial charge in [0.15, 0.2) is 5.82 Å². The third-order valence-corrected chi connectivity index (χ3v) is 3.86. The van der Waals surface area contributed by atoms with E-state index in [9.17, 15) is 14.5 Å². The van der Waals surface area contributed by atoms with Gasteiger partial charge in [-0.2, -0.15) is 0 Å². The molecule has 23 heavy (non-hydrogen) atoms. The van der Waals surface area contributed by atoms with Crippen LogP contribution in [-0.4, -0.2) is 22.6 Å². The molecule has 7 heteroatoms. The molecule has 0 spiro atoms. The van der Waals surface area contributed by atoms with Gasteiger partial charge in [0.05, 0.1) is 22.7 Å². The van der Waals surface area contributed by atoms with E-state index in [0.29, 0.717) is 6.61 Å². The van der Waals surface area contributed by atoms with Gasteiger partial charge < -0.3 is 10.1 Å². The number of hydrogen-bond acceptors (Lipinski definition) is 5. The number of nitro groups is 1. The lowest BCUT2D eigenvalue weighted by Gasteiger charge is -2.33. The summed E-state index contributed by atoms with van der Waals surface area (Å²) in [6.45, 7) is 0.647. The monoisotopic (exact) mass is 317 g/mol. The van der Waals surface area contributed by atoms with Crippen molar-refractivity contribution in [3.8, 4) is 0 Å². The summed E-state index contributed by atoms with van der Waals surface area (Å²) in [4.78, 5) is 14.1. The third kappa shape index (κ3) is 3.45. The fourth-order valence-corrected chi connectivity index (χ4v) is 2.74. The second-order valence-corrected chi connectivity index (χ2v) is 5.39. The van der Waals surface area contributed by atoms with Gasteiger partial charge in [0.1, 0.15) is 6.10 Å². The van der Waals surface area contributed by atoms with Gasteiger partial charge in [0.25, 0.3) is 5.69 Å². The Bertz CT molecular complexity index is 696. The molecular formula is C16H16FN3O3. The van der Waals surface area contributed by atoms with E-state index in [0.717, 1.165) is 24.5 Å². The predicted molar refractivity (Wildman–Crippen MR) is 82.6 cm³/mol. The number of benzene rings is 1. The number of nitro benzene ring substituents is 1. The first-order valence-electron chi connectivity index (χ1n) is 7.37. The molecule has 0 amide bonds. The molecule has 6 nitrogen and oxygen atoms in total. The number of hydrogen-bond donors (Lipinski definition) is 1. The van der Waals surface area contributed by atoms with Crippen molar-refractivity contribution in [3.63, 3.8) is 0 Å². The van der Waals surface area contributed by atoms with Gasteiger partial charge >= 0.3 is 0 Å². The molecule has 2 atom stereocenters. The van der Waals surface area contributed by atoms with Crippen LogP contribution in [0.15, 0.2) is 42.7 Å². The SMILES string of the molecule is O=[N+]([O-])c1ccc(N[C@@H]2CCCO[C@H]2c2ccncc2)c(F)c1. The second-order valence-electron chi connectivity index (χ2n) is 5.39. The van der Waals surface area contributed by atoms with Crippen molar-refractivity contribution in [3.05, 3.63) is 64.2 Å². The number of pyridine rings is 1. The summed E-state index contributed by atoms with van der Waals surface area (Å²) >= 11 is 0. The molecule has 0 bridgehead atoms. The zero-order valence-corrected chi connectivity index (χ0v) is 12.3. The molecule has 0 saturated carbocycles. The molecule has 1 fully saturated rings. The smallest absolute Gasteiger partial charge is 0.272 e. The standard InChI is InChI=1S/C16H16FN3O3/c17-13-10-12(20(21)22)3-4-14(13)19-15-2-1-9-23-16(15)11-5-7-18-8-6-11/h3-8,10,15-16,19H,1-2,9H2/t15-,16+/m1/s1. The Hall–Kier alpha value is -2.54. The van der Waals surface area contributed by atoms with E-state index in [-0.39, 0.29) is 23.5 Å². The fourth-order valence-electron chi connectivity index (χ4n) is 2.74. The minimum absolute atomic E-state index is 0.109. The van der Waals surface area contributed by atoms with Crippen molar-refractivity contribution in [2.45, 2.75) is 25.0 Å². The molecular weight excluding hydrogens is 301 g/mol. The van der Waals surface area contributed by atoms with Gasteiger partial charge in [0, 0.05) is 25.1 Å². The van der Waals surface area contributed by atoms with E-state index in [1.54, 1.807) is 12.4 Å². The number of aromatic nitrogens is 1. The van der Waals surface area contributed by atoms with E-state index >= 15 is 0 Å². The van der Waals surface area contributed by atoms with E-state index < -0.39 is 10.7 Å². The Morgan fingerprint density at radius 3 is 2.78 bits per heavy atom. The fraction of sp³-hybridized carbons (Fsp3) is 0.312. The minimum Gasteiger partial charge on any atom is -0.377 e. The van der Waals surface area contributed by atoms with Crippen LogP contribution < -0.4 is 5.32 Å². The first kappa shape index (κ1) is 15.4. The predicted octanol–water partition coefficient (Wildman–Crippen LogP) is 3.46. The van der Waals surface area contributed by atoms with Crippen LogP contribution in [0.4, 0.5) is 15.8 Å². The van der Waals surface area contributed by atoms with Crippen LogP contribution in [-0.2, 0) is 4.74 Å². The van der Waals surface area contributed by atoms with E-state index in [1.807, 2.05) is 12.1 Å². The summed E-state index contributed by atoms with van der Waals surface area (Å²) in [7, 11) is 0. The maximum Gasteiger partial charge on any atom is 0.272 e. The Balaban J connectivity index is 1.81. The zero-order chi connectivity index (χ0) is 16.2. The summed E-state index contributed by atoms with van der Waals surface area (Å²) in [6, 6.07) is 7.24. The molecule has 0 radical (unpaired) electrons. The summed E-state index contributed by atoms with van der Waals surface area (Å²) in [5, 5.41) is 13.8. The zero-order valence-electron chi connectivity index (χ0n) is 12.3. The van der Waals surface area contributed by atoms with Gasteiger partial charge in [-0.25, -0.2) is 4.39 Å². The van der Waals surface area contributed by atoms with Crippen LogP contribution >= 0.6 is 0 Å². The van der Waals surface area contributed by atoms with Crippen molar-refractivity contribution < 1.29 is 14.1 Å². The van der Waals surface area contributed by atoms with Crippen LogP contribution in [0.25, 0.3) is 0 Å². The molecule has 1 N–H and O–H groups in total. The Morgan fingerprint density at radius 2 is 2.09 bits per heavy atom. The Kier molecular flexibility index (Phi) is 4.47. The van der Waals surface area contributed by atoms with Crippen molar-refractivity contribution in [1.82, 2.24) is 4.98 Å². The topological polar surface area (TPSA) is 77.3 Å². The molecule has 1 aliphatic heterocycles. The Morgan fingerprint density at radius 1 is 1.30 bits per heavy atom. The molecule has 3 rings (SSSR count). The van der Waals surface area contributed by atoms with E-state index in [1.165, 1.54) is 12.1 Å². The lowest BCUT2D eigenvalue weighted by atomic mass is 9.96. The van der Waals surface area contributed by atoms with Gasteiger partial charge in [-0.1, -0.05) is 0 Å². The van der Waals surface area contributed by atoms with Gasteiger partial charge in [-0.05, 0) is 36.6 Å². The molecule has 0 unspecified atom stereocenters. The minimum atomic E-state index is -0.641. The van der Waals surface area contributed by atoms with Gasteiger partial charge in [-0.15, -0.1) is 0 Å². The molecule has 2 aromatic rings. The lowest BCUT2D eigenvalue weighted by molar-refractivity contribution is -0.385. The quantitative estimate of drug-likeness (QED) is 0.690. The van der Waals surface area contributed by atoms with Crippen LogP contribution in [0.5, 0.6) is 0 Å².